The molecule has 5 nitrogen and oxygen atoms in total. The van der Waals surface area contributed by atoms with Crippen LogP contribution in [0.5, 0.6) is 5.75 Å². The molecule has 1 unspecified atom stereocenters. The molecule has 0 saturated carbocycles. The predicted octanol–water partition coefficient (Wildman–Crippen LogP) is 3.01. The van der Waals surface area contributed by atoms with E-state index >= 15 is 0 Å². The molecule has 1 aliphatic rings. The van der Waals surface area contributed by atoms with Gasteiger partial charge in [-0.1, -0.05) is 11.1 Å². The lowest BCUT2D eigenvalue weighted by Gasteiger charge is -2.30. The van der Waals surface area contributed by atoms with E-state index in [0.717, 1.165) is 5.69 Å². The Bertz CT molecular complexity index is 846. The molecule has 0 aliphatic carbocycles. The summed E-state index contributed by atoms with van der Waals surface area (Å²) in [6.45, 7) is 3.58. The molecule has 1 atom stereocenters. The molecule has 124 valence electrons. The maximum absolute atomic E-state index is 13.9. The molecule has 0 amide bonds. The highest BCUT2D eigenvalue weighted by molar-refractivity contribution is 8.28. The van der Waals surface area contributed by atoms with Crippen molar-refractivity contribution in [3.8, 4) is 11.8 Å². The molecule has 0 radical (unpaired) electrons. The second-order valence-electron chi connectivity index (χ2n) is 5.93. The van der Waals surface area contributed by atoms with Gasteiger partial charge >= 0.3 is 0 Å². The van der Waals surface area contributed by atoms with E-state index < -0.39 is 22.4 Å². The van der Waals surface area contributed by atoms with Crippen LogP contribution in [-0.2, 0) is 4.79 Å². The van der Waals surface area contributed by atoms with Crippen molar-refractivity contribution in [1.29, 1.82) is 5.26 Å². The number of carbonyl (C=O) groups is 1. The standard InChI is InChI=1S/C17H16FN3O2S/c1-17(2)16(23)24(14-8-3-11(10-19)15(18)9-14)20-21(17)12-4-6-13(22)7-5-12/h3-9,20,22,24H,1-2H3. The first kappa shape index (κ1) is 16.3. The number of carbonyl (C=O) groups excluding carboxylic acids is 1. The fourth-order valence-electron chi connectivity index (χ4n) is 2.53. The van der Waals surface area contributed by atoms with Crippen LogP contribution in [0.25, 0.3) is 0 Å². The van der Waals surface area contributed by atoms with Crippen molar-refractivity contribution in [3.63, 3.8) is 0 Å². The summed E-state index contributed by atoms with van der Waals surface area (Å²) in [6.07, 6.45) is 0. The molecule has 2 aromatic rings. The van der Waals surface area contributed by atoms with Gasteiger partial charge in [0.15, 0.2) is 0 Å². The molecule has 0 spiro atoms. The van der Waals surface area contributed by atoms with E-state index in [1.54, 1.807) is 55.3 Å². The summed E-state index contributed by atoms with van der Waals surface area (Å²) >= 11 is -1.47. The zero-order valence-corrected chi connectivity index (χ0v) is 14.0. The molecule has 7 heteroatoms. The number of benzene rings is 2. The van der Waals surface area contributed by atoms with Crippen molar-refractivity contribution in [2.45, 2.75) is 24.3 Å². The Balaban J connectivity index is 1.97. The summed E-state index contributed by atoms with van der Waals surface area (Å²) in [5.74, 6) is -0.494. The van der Waals surface area contributed by atoms with Crippen LogP contribution in [0, 0.1) is 17.1 Å². The van der Waals surface area contributed by atoms with Gasteiger partial charge in [0.1, 0.15) is 23.2 Å². The minimum atomic E-state index is -1.47. The summed E-state index contributed by atoms with van der Waals surface area (Å²) in [4.78, 5) is 16.5. The van der Waals surface area contributed by atoms with E-state index in [9.17, 15) is 14.3 Å². The SMILES string of the molecule is CC1(C)C(=O)[SH](c2ccc(C#N)c(F)c2)NN1c1ccc(O)cc1. The maximum Gasteiger partial charge on any atom is 0.213 e. The van der Waals surface area contributed by atoms with Gasteiger partial charge in [0.05, 0.1) is 11.3 Å². The fourth-order valence-corrected chi connectivity index (χ4v) is 4.65. The first-order valence-corrected chi connectivity index (χ1v) is 8.58. The largest absolute Gasteiger partial charge is 0.508 e. The minimum Gasteiger partial charge on any atom is -0.508 e. The number of nitrogens with zero attached hydrogens (tertiary/aromatic N) is 2. The Labute approximate surface area is 141 Å². The second kappa shape index (κ2) is 5.82. The van der Waals surface area contributed by atoms with Crippen LogP contribution in [0.2, 0.25) is 0 Å². The normalized spacial score (nSPS) is 20.8. The highest BCUT2D eigenvalue weighted by atomic mass is 32.2. The third-order valence-electron chi connectivity index (χ3n) is 3.92. The first-order valence-electron chi connectivity index (χ1n) is 7.24. The van der Waals surface area contributed by atoms with E-state index in [4.69, 9.17) is 5.26 Å². The quantitative estimate of drug-likeness (QED) is 0.730. The van der Waals surface area contributed by atoms with E-state index in [-0.39, 0.29) is 16.4 Å². The first-order chi connectivity index (χ1) is 11.3. The summed E-state index contributed by atoms with van der Waals surface area (Å²) in [5, 5.41) is 19.9. The van der Waals surface area contributed by atoms with Crippen molar-refractivity contribution in [2.24, 2.45) is 0 Å². The molecule has 2 N–H and O–H groups in total. The lowest BCUT2D eigenvalue weighted by Crippen LogP contribution is -2.46. The molecule has 1 fully saturated rings. The lowest BCUT2D eigenvalue weighted by atomic mass is 10.1. The number of nitriles is 1. The Morgan fingerprint density at radius 2 is 1.92 bits per heavy atom. The van der Waals surface area contributed by atoms with Crippen LogP contribution in [0.3, 0.4) is 0 Å². The van der Waals surface area contributed by atoms with E-state index in [1.807, 2.05) is 0 Å². The molecule has 2 aromatic carbocycles. The van der Waals surface area contributed by atoms with Crippen molar-refractivity contribution in [1.82, 2.24) is 4.83 Å². The van der Waals surface area contributed by atoms with E-state index in [1.165, 1.54) is 12.1 Å². The van der Waals surface area contributed by atoms with Crippen LogP contribution in [-0.4, -0.2) is 15.8 Å². The molecular formula is C17H16FN3O2S. The van der Waals surface area contributed by atoms with Crippen molar-refractivity contribution >= 4 is 21.9 Å². The Morgan fingerprint density at radius 1 is 1.25 bits per heavy atom. The van der Waals surface area contributed by atoms with E-state index in [0.29, 0.717) is 4.90 Å². The molecular weight excluding hydrogens is 329 g/mol. The van der Waals surface area contributed by atoms with Gasteiger partial charge in [-0.2, -0.15) is 10.1 Å². The van der Waals surface area contributed by atoms with E-state index in [2.05, 4.69) is 4.83 Å². The van der Waals surface area contributed by atoms with Crippen LogP contribution in [0.4, 0.5) is 10.1 Å². The maximum atomic E-state index is 13.9. The summed E-state index contributed by atoms with van der Waals surface area (Å²) in [7, 11) is 0. The molecule has 0 aromatic heterocycles. The van der Waals surface area contributed by atoms with Gasteiger partial charge in [-0.25, -0.2) is 4.39 Å². The number of thiol groups is 1. The highest BCUT2D eigenvalue weighted by Crippen LogP contribution is 2.46. The van der Waals surface area contributed by atoms with Gasteiger partial charge in [-0.15, -0.1) is 0 Å². The zero-order valence-electron chi connectivity index (χ0n) is 13.1. The number of phenols is 1. The number of aromatic hydroxyl groups is 1. The summed E-state index contributed by atoms with van der Waals surface area (Å²) in [5.41, 5.74) is -0.145. The summed E-state index contributed by atoms with van der Waals surface area (Å²) in [6, 6.07) is 12.5. The lowest BCUT2D eigenvalue weighted by molar-refractivity contribution is -0.114. The minimum absolute atomic E-state index is 0.0463. The Kier molecular flexibility index (Phi) is 3.95. The number of rotatable bonds is 2. The summed E-state index contributed by atoms with van der Waals surface area (Å²) < 4.78 is 13.9. The average molecular weight is 345 g/mol. The smallest absolute Gasteiger partial charge is 0.213 e. The van der Waals surface area contributed by atoms with Crippen molar-refractivity contribution < 1.29 is 14.3 Å². The molecule has 0 bridgehead atoms. The Hall–Kier alpha value is -2.56. The molecule has 3 rings (SSSR count). The van der Waals surface area contributed by atoms with Gasteiger partial charge in [0, 0.05) is 4.90 Å². The van der Waals surface area contributed by atoms with Gasteiger partial charge in [0.25, 0.3) is 0 Å². The molecule has 1 heterocycles. The molecule has 1 aliphatic heterocycles. The average Bonchev–Trinajstić information content (AvgIpc) is 2.79. The van der Waals surface area contributed by atoms with Crippen LogP contribution < -0.4 is 9.84 Å². The molecule has 24 heavy (non-hydrogen) atoms. The monoisotopic (exact) mass is 345 g/mol. The highest BCUT2D eigenvalue weighted by Gasteiger charge is 2.46. The van der Waals surface area contributed by atoms with Gasteiger partial charge in [-0.3, -0.25) is 9.80 Å². The van der Waals surface area contributed by atoms with Gasteiger partial charge < -0.3 is 5.11 Å². The Morgan fingerprint density at radius 3 is 2.50 bits per heavy atom. The number of hydrogen-bond acceptors (Lipinski definition) is 5. The van der Waals surface area contributed by atoms with Crippen LogP contribution >= 0.6 is 11.1 Å². The number of halogens is 1. The fraction of sp³-hybridized carbons (Fsp3) is 0.176. The number of phenolic OH excluding ortho intramolecular Hbond substituents is 1. The van der Waals surface area contributed by atoms with Crippen molar-refractivity contribution in [3.05, 3.63) is 53.8 Å². The number of nitrogens with one attached hydrogen (secondary N) is 1. The van der Waals surface area contributed by atoms with Gasteiger partial charge in [0.2, 0.25) is 5.12 Å². The molecule has 1 saturated heterocycles. The number of hydrogen-bond donors (Lipinski definition) is 3. The van der Waals surface area contributed by atoms with Crippen molar-refractivity contribution in [2.75, 3.05) is 5.01 Å². The number of anilines is 1. The zero-order chi connectivity index (χ0) is 17.5. The number of hydrazine groups is 1. The van der Waals surface area contributed by atoms with Crippen LogP contribution in [0.15, 0.2) is 47.4 Å². The van der Waals surface area contributed by atoms with Crippen LogP contribution in [0.1, 0.15) is 19.4 Å². The third kappa shape index (κ3) is 2.60. The van der Waals surface area contributed by atoms with Gasteiger partial charge in [-0.05, 0) is 56.3 Å². The third-order valence-corrected chi connectivity index (χ3v) is 6.07. The predicted molar refractivity (Wildman–Crippen MR) is 91.2 cm³/mol. The topological polar surface area (TPSA) is 76.4 Å². The second-order valence-corrected chi connectivity index (χ2v) is 7.72.